The average Bonchev–Trinajstić information content (AvgIpc) is 2.27. The highest BCUT2D eigenvalue weighted by molar-refractivity contribution is 6.19. The van der Waals surface area contributed by atoms with E-state index < -0.39 is 0 Å². The molecule has 1 N–H and O–H groups in total. The Morgan fingerprint density at radius 3 is 3.00 bits per heavy atom. The van der Waals surface area contributed by atoms with E-state index in [4.69, 9.17) is 16.3 Å². The van der Waals surface area contributed by atoms with E-state index >= 15 is 0 Å². The Hall–Kier alpha value is -1.22. The maximum Gasteiger partial charge on any atom is 0.225 e. The van der Waals surface area contributed by atoms with Crippen LogP contribution in [0.4, 0.5) is 5.69 Å². The van der Waals surface area contributed by atoms with Gasteiger partial charge in [-0.05, 0) is 18.6 Å². The summed E-state index contributed by atoms with van der Waals surface area (Å²) >= 11 is 5.48. The predicted molar refractivity (Wildman–Crippen MR) is 66.2 cm³/mol. The molecule has 1 rings (SSSR count). The van der Waals surface area contributed by atoms with E-state index in [1.54, 1.807) is 0 Å². The van der Waals surface area contributed by atoms with Crippen molar-refractivity contribution in [1.29, 1.82) is 0 Å². The molecule has 0 unspecified atom stereocenters. The number of amides is 1. The Morgan fingerprint density at radius 1 is 1.50 bits per heavy atom. The molecule has 1 aromatic carbocycles. The van der Waals surface area contributed by atoms with Crippen molar-refractivity contribution in [2.75, 3.05) is 17.8 Å². The highest BCUT2D eigenvalue weighted by Crippen LogP contribution is 2.17. The molecule has 0 radical (unpaired) electrons. The first-order chi connectivity index (χ1) is 7.76. The minimum absolute atomic E-state index is 0.0809. The molecule has 0 heterocycles. The van der Waals surface area contributed by atoms with Gasteiger partial charge in [0.15, 0.2) is 0 Å². The van der Waals surface area contributed by atoms with E-state index in [-0.39, 0.29) is 5.91 Å². The van der Waals surface area contributed by atoms with Gasteiger partial charge >= 0.3 is 0 Å². The summed E-state index contributed by atoms with van der Waals surface area (Å²) in [7, 11) is 0. The third-order valence-electron chi connectivity index (χ3n) is 1.91. The van der Waals surface area contributed by atoms with E-state index in [0.717, 1.165) is 17.9 Å². The molecule has 0 aliphatic rings. The topological polar surface area (TPSA) is 38.3 Å². The Labute approximate surface area is 101 Å². The smallest absolute Gasteiger partial charge is 0.225 e. The molecule has 88 valence electrons. The Morgan fingerprint density at radius 2 is 2.31 bits per heavy atom. The molecule has 0 saturated heterocycles. The van der Waals surface area contributed by atoms with Crippen molar-refractivity contribution in [3.05, 3.63) is 24.3 Å². The van der Waals surface area contributed by atoms with Gasteiger partial charge in [-0.2, -0.15) is 0 Å². The Bertz CT molecular complexity index is 342. The maximum absolute atomic E-state index is 11.3. The van der Waals surface area contributed by atoms with E-state index in [0.29, 0.717) is 18.9 Å². The largest absolute Gasteiger partial charge is 0.494 e. The molecule has 1 amide bonds. The summed E-state index contributed by atoms with van der Waals surface area (Å²) in [5.41, 5.74) is 0.740. The minimum Gasteiger partial charge on any atom is -0.494 e. The van der Waals surface area contributed by atoms with Crippen LogP contribution in [0, 0.1) is 0 Å². The van der Waals surface area contributed by atoms with Gasteiger partial charge in [0, 0.05) is 24.1 Å². The number of hydrogen-bond acceptors (Lipinski definition) is 2. The second-order valence-electron chi connectivity index (χ2n) is 3.36. The fourth-order valence-electron chi connectivity index (χ4n) is 1.19. The first-order valence-electron chi connectivity index (χ1n) is 5.35. The lowest BCUT2D eigenvalue weighted by Gasteiger charge is -2.07. The second-order valence-corrected chi connectivity index (χ2v) is 3.74. The van der Waals surface area contributed by atoms with Crippen molar-refractivity contribution in [1.82, 2.24) is 0 Å². The van der Waals surface area contributed by atoms with Crippen molar-refractivity contribution in [3.63, 3.8) is 0 Å². The lowest BCUT2D eigenvalue weighted by Crippen LogP contribution is -2.11. The van der Waals surface area contributed by atoms with Gasteiger partial charge in [0.05, 0.1) is 6.61 Å². The van der Waals surface area contributed by atoms with Crippen LogP contribution in [0.3, 0.4) is 0 Å². The lowest BCUT2D eigenvalue weighted by atomic mass is 10.3. The molecular weight excluding hydrogens is 226 g/mol. The molecule has 16 heavy (non-hydrogen) atoms. The summed E-state index contributed by atoms with van der Waals surface area (Å²) < 4.78 is 5.46. The van der Waals surface area contributed by atoms with Crippen LogP contribution in [0.25, 0.3) is 0 Å². The van der Waals surface area contributed by atoms with Gasteiger partial charge in [-0.3, -0.25) is 4.79 Å². The average molecular weight is 242 g/mol. The number of carbonyl (C=O) groups is 1. The fourth-order valence-corrected chi connectivity index (χ4v) is 1.36. The molecule has 4 heteroatoms. The zero-order valence-corrected chi connectivity index (χ0v) is 10.1. The number of alkyl halides is 1. The number of halogens is 1. The number of benzene rings is 1. The highest BCUT2D eigenvalue weighted by atomic mass is 35.5. The normalized spacial score (nSPS) is 9.88. The van der Waals surface area contributed by atoms with Crippen molar-refractivity contribution in [2.24, 2.45) is 0 Å². The monoisotopic (exact) mass is 241 g/mol. The summed E-state index contributed by atoms with van der Waals surface area (Å²) in [6.07, 6.45) is 1.28. The zero-order valence-electron chi connectivity index (χ0n) is 9.33. The molecule has 1 aromatic rings. The van der Waals surface area contributed by atoms with Gasteiger partial charge < -0.3 is 10.1 Å². The Kier molecular flexibility index (Phi) is 5.72. The number of rotatable bonds is 6. The van der Waals surface area contributed by atoms with Gasteiger partial charge in [-0.15, -0.1) is 11.6 Å². The first-order valence-corrected chi connectivity index (χ1v) is 5.88. The van der Waals surface area contributed by atoms with Crippen LogP contribution in [-0.2, 0) is 4.79 Å². The highest BCUT2D eigenvalue weighted by Gasteiger charge is 2.02. The van der Waals surface area contributed by atoms with Crippen molar-refractivity contribution < 1.29 is 9.53 Å². The zero-order chi connectivity index (χ0) is 11.8. The summed E-state index contributed by atoms with van der Waals surface area (Å²) in [6.45, 7) is 2.73. The quantitative estimate of drug-likeness (QED) is 0.778. The van der Waals surface area contributed by atoms with E-state index in [9.17, 15) is 4.79 Å². The molecule has 0 fully saturated rings. The second kappa shape index (κ2) is 7.12. The number of carbonyl (C=O) groups excluding carboxylic acids is 1. The van der Waals surface area contributed by atoms with Gasteiger partial charge in [-0.25, -0.2) is 0 Å². The number of ether oxygens (including phenoxy) is 1. The Balaban J connectivity index is 2.56. The van der Waals surface area contributed by atoms with Crippen LogP contribution in [0.5, 0.6) is 5.75 Å². The lowest BCUT2D eigenvalue weighted by molar-refractivity contribution is -0.115. The third kappa shape index (κ3) is 4.53. The summed E-state index contributed by atoms with van der Waals surface area (Å²) in [5.74, 6) is 1.02. The summed E-state index contributed by atoms with van der Waals surface area (Å²) in [6, 6.07) is 7.35. The van der Waals surface area contributed by atoms with Crippen LogP contribution in [0.15, 0.2) is 24.3 Å². The molecule has 0 aromatic heterocycles. The van der Waals surface area contributed by atoms with Crippen molar-refractivity contribution >= 4 is 23.2 Å². The molecule has 0 saturated carbocycles. The van der Waals surface area contributed by atoms with Crippen LogP contribution in [0.2, 0.25) is 0 Å². The molecule has 0 aliphatic heterocycles. The fraction of sp³-hybridized carbons (Fsp3) is 0.417. The predicted octanol–water partition coefficient (Wildman–Crippen LogP) is 3.04. The van der Waals surface area contributed by atoms with E-state index in [2.05, 4.69) is 5.32 Å². The molecule has 0 bridgehead atoms. The summed E-state index contributed by atoms with van der Waals surface area (Å²) in [5, 5.41) is 2.76. The number of hydrogen-bond donors (Lipinski definition) is 1. The molecule has 3 nitrogen and oxygen atoms in total. The van der Waals surface area contributed by atoms with Gasteiger partial charge in [-0.1, -0.05) is 13.0 Å². The maximum atomic E-state index is 11.3. The molecular formula is C12H16ClNO2. The van der Waals surface area contributed by atoms with Crippen LogP contribution in [-0.4, -0.2) is 18.4 Å². The number of anilines is 1. The third-order valence-corrected chi connectivity index (χ3v) is 2.10. The minimum atomic E-state index is -0.0809. The van der Waals surface area contributed by atoms with Gasteiger partial charge in [0.2, 0.25) is 5.91 Å². The van der Waals surface area contributed by atoms with Gasteiger partial charge in [0.1, 0.15) is 5.75 Å². The molecule has 0 spiro atoms. The van der Waals surface area contributed by atoms with Crippen LogP contribution in [0.1, 0.15) is 19.8 Å². The van der Waals surface area contributed by atoms with Crippen molar-refractivity contribution in [2.45, 2.75) is 19.8 Å². The SMILES string of the molecule is CCCOc1cccc(NC(=O)CCCl)c1. The van der Waals surface area contributed by atoms with E-state index in [1.165, 1.54) is 0 Å². The molecule has 0 aliphatic carbocycles. The standard InChI is InChI=1S/C12H16ClNO2/c1-2-8-16-11-5-3-4-10(9-11)14-12(15)6-7-13/h3-5,9H,2,6-8H2,1H3,(H,14,15). The van der Waals surface area contributed by atoms with E-state index in [1.807, 2.05) is 31.2 Å². The van der Waals surface area contributed by atoms with Gasteiger partial charge in [0.25, 0.3) is 0 Å². The van der Waals surface area contributed by atoms with Crippen LogP contribution >= 0.6 is 11.6 Å². The van der Waals surface area contributed by atoms with Crippen LogP contribution < -0.4 is 10.1 Å². The first kappa shape index (κ1) is 12.8. The van der Waals surface area contributed by atoms with Crippen molar-refractivity contribution in [3.8, 4) is 5.75 Å². The number of nitrogens with one attached hydrogen (secondary N) is 1. The summed E-state index contributed by atoms with van der Waals surface area (Å²) in [4.78, 5) is 11.3. The molecule has 0 atom stereocenters.